The molecular formula is C44H60Si. The Morgan fingerprint density at radius 1 is 0.400 bits per heavy atom. The fourth-order valence-corrected chi connectivity index (χ4v) is 16.6. The molecule has 0 saturated heterocycles. The molecule has 0 aromatic heterocycles. The lowest BCUT2D eigenvalue weighted by Gasteiger charge is -2.44. The van der Waals surface area contributed by atoms with Gasteiger partial charge in [0.2, 0.25) is 0 Å². The van der Waals surface area contributed by atoms with Crippen LogP contribution in [0.2, 0.25) is 13.1 Å². The first-order valence-electron chi connectivity index (χ1n) is 19.8. The van der Waals surface area contributed by atoms with E-state index in [0.29, 0.717) is 11.1 Å². The molecule has 0 radical (unpaired) electrons. The quantitative estimate of drug-likeness (QED) is 0.283. The Balaban J connectivity index is 1.25. The summed E-state index contributed by atoms with van der Waals surface area (Å²) in [6.07, 6.45) is 34.2. The molecule has 0 amide bonds. The van der Waals surface area contributed by atoms with Gasteiger partial charge >= 0.3 is 0 Å². The Hall–Kier alpha value is -1.86. The third-order valence-corrected chi connectivity index (χ3v) is 18.3. The highest BCUT2D eigenvalue weighted by molar-refractivity contribution is 6.81. The van der Waals surface area contributed by atoms with E-state index >= 15 is 0 Å². The topological polar surface area (TPSA) is 0 Å². The van der Waals surface area contributed by atoms with Crippen LogP contribution in [0.3, 0.4) is 0 Å². The van der Waals surface area contributed by atoms with Crippen molar-refractivity contribution in [2.24, 2.45) is 11.8 Å². The average molecular weight is 617 g/mol. The number of allylic oxidation sites excluding steroid dienone is 2. The van der Waals surface area contributed by atoms with E-state index in [0.717, 1.165) is 23.7 Å². The fourth-order valence-electron chi connectivity index (χ4n) is 11.8. The van der Waals surface area contributed by atoms with Crippen molar-refractivity contribution in [3.63, 3.8) is 0 Å². The summed E-state index contributed by atoms with van der Waals surface area (Å²) in [5.41, 5.74) is 15.5. The van der Waals surface area contributed by atoms with Crippen molar-refractivity contribution in [2.75, 3.05) is 0 Å². The summed E-state index contributed by atoms with van der Waals surface area (Å²) in [5, 5.41) is 0. The Morgan fingerprint density at radius 3 is 1.07 bits per heavy atom. The van der Waals surface area contributed by atoms with Crippen molar-refractivity contribution >= 4 is 20.2 Å². The number of hydrogen-bond donors (Lipinski definition) is 0. The Kier molecular flexibility index (Phi) is 8.78. The maximum absolute atomic E-state index is 2.86. The molecule has 1 heteroatoms. The van der Waals surface area contributed by atoms with E-state index in [1.807, 2.05) is 11.1 Å². The fraction of sp³-hybridized carbons (Fsp3) is 0.636. The lowest BCUT2D eigenvalue weighted by molar-refractivity contribution is 0.394. The van der Waals surface area contributed by atoms with Crippen LogP contribution in [0.25, 0.3) is 12.2 Å². The molecule has 0 aliphatic heterocycles. The van der Waals surface area contributed by atoms with Crippen molar-refractivity contribution in [3.8, 4) is 0 Å². The molecule has 0 bridgehead atoms. The van der Waals surface area contributed by atoms with Crippen LogP contribution in [0, 0.1) is 11.8 Å². The van der Waals surface area contributed by atoms with Gasteiger partial charge in [-0.15, -0.1) is 0 Å². The summed E-state index contributed by atoms with van der Waals surface area (Å²) in [4.78, 5) is 0. The van der Waals surface area contributed by atoms with E-state index in [4.69, 9.17) is 0 Å². The predicted octanol–water partition coefficient (Wildman–Crippen LogP) is 13.4. The van der Waals surface area contributed by atoms with Gasteiger partial charge in [-0.2, -0.15) is 0 Å². The zero-order valence-corrected chi connectivity index (χ0v) is 29.7. The molecule has 0 N–H and O–H groups in total. The highest BCUT2D eigenvalue weighted by atomic mass is 28.3. The molecule has 2 aromatic rings. The number of hydrogen-bond acceptors (Lipinski definition) is 0. The second kappa shape index (κ2) is 13.0. The third-order valence-electron chi connectivity index (χ3n) is 14.0. The molecule has 0 spiro atoms. The van der Waals surface area contributed by atoms with Crippen LogP contribution in [0.5, 0.6) is 0 Å². The first kappa shape index (κ1) is 30.5. The molecule has 4 saturated carbocycles. The summed E-state index contributed by atoms with van der Waals surface area (Å²) in [5.74, 6) is 3.17. The van der Waals surface area contributed by atoms with Gasteiger partial charge in [-0.3, -0.25) is 0 Å². The van der Waals surface area contributed by atoms with E-state index in [-0.39, 0.29) is 0 Å². The van der Waals surface area contributed by atoms with Gasteiger partial charge in [0.05, 0.1) is 8.07 Å². The summed E-state index contributed by atoms with van der Waals surface area (Å²) < 4.78 is 0. The van der Waals surface area contributed by atoms with Crippen LogP contribution >= 0.6 is 0 Å². The van der Waals surface area contributed by atoms with Gasteiger partial charge in [0.15, 0.2) is 0 Å². The molecule has 2 unspecified atom stereocenters. The molecule has 2 atom stereocenters. The van der Waals surface area contributed by atoms with Crippen molar-refractivity contribution < 1.29 is 0 Å². The molecule has 240 valence electrons. The van der Waals surface area contributed by atoms with Crippen LogP contribution in [0.4, 0.5) is 0 Å². The van der Waals surface area contributed by atoms with Crippen LogP contribution in [-0.4, -0.2) is 8.07 Å². The molecule has 0 nitrogen and oxygen atoms in total. The highest BCUT2D eigenvalue weighted by Crippen LogP contribution is 2.59. The largest absolute Gasteiger partial charge is 0.0722 e. The van der Waals surface area contributed by atoms with E-state index in [2.05, 4.69) is 61.6 Å². The highest BCUT2D eigenvalue weighted by Gasteiger charge is 2.51. The Bertz CT molecular complexity index is 1310. The SMILES string of the molecule is C[Si](C)(C1C(C2CCCCC2)=Cc2c(C3CCCCC3)cccc21)C1C(C2CCCCC2)=Cc2c(C3CCCCC3)cccc21. The summed E-state index contributed by atoms with van der Waals surface area (Å²) >= 11 is 0. The monoisotopic (exact) mass is 616 g/mol. The summed E-state index contributed by atoms with van der Waals surface area (Å²) in [7, 11) is -1.92. The maximum Gasteiger partial charge on any atom is 0.0722 e. The third kappa shape index (κ3) is 5.60. The van der Waals surface area contributed by atoms with Crippen molar-refractivity contribution in [3.05, 3.63) is 80.9 Å². The summed E-state index contributed by atoms with van der Waals surface area (Å²) in [6, 6.07) is 15.3. The van der Waals surface area contributed by atoms with Crippen LogP contribution in [0.1, 0.15) is 185 Å². The second-order valence-electron chi connectivity index (χ2n) is 17.0. The zero-order valence-electron chi connectivity index (χ0n) is 28.7. The molecule has 6 aliphatic rings. The van der Waals surface area contributed by atoms with Gasteiger partial charge in [0.25, 0.3) is 0 Å². The first-order chi connectivity index (χ1) is 22.1. The van der Waals surface area contributed by atoms with Gasteiger partial charge in [-0.25, -0.2) is 0 Å². The van der Waals surface area contributed by atoms with Crippen LogP contribution in [0.15, 0.2) is 47.5 Å². The minimum absolute atomic E-state index is 0.667. The van der Waals surface area contributed by atoms with E-state index < -0.39 is 8.07 Å². The lowest BCUT2D eigenvalue weighted by atomic mass is 9.81. The first-order valence-corrected chi connectivity index (χ1v) is 23.0. The zero-order chi connectivity index (χ0) is 30.4. The predicted molar refractivity (Wildman–Crippen MR) is 197 cm³/mol. The average Bonchev–Trinajstić information content (AvgIpc) is 3.71. The molecule has 2 aromatic carbocycles. The maximum atomic E-state index is 2.86. The van der Waals surface area contributed by atoms with E-state index in [1.165, 1.54) is 128 Å². The summed E-state index contributed by atoms with van der Waals surface area (Å²) in [6.45, 7) is 5.72. The van der Waals surface area contributed by atoms with Crippen LogP contribution in [-0.2, 0) is 0 Å². The van der Waals surface area contributed by atoms with Crippen molar-refractivity contribution in [1.82, 2.24) is 0 Å². The van der Waals surface area contributed by atoms with Gasteiger partial charge in [0, 0.05) is 11.1 Å². The Morgan fingerprint density at radius 2 is 0.711 bits per heavy atom. The minimum Gasteiger partial charge on any atom is -0.0679 e. The van der Waals surface area contributed by atoms with Crippen molar-refractivity contribution in [1.29, 1.82) is 0 Å². The second-order valence-corrected chi connectivity index (χ2v) is 21.8. The molecule has 4 fully saturated rings. The van der Waals surface area contributed by atoms with Crippen molar-refractivity contribution in [2.45, 2.75) is 164 Å². The normalized spacial score (nSPS) is 27.2. The van der Waals surface area contributed by atoms with E-state index in [1.54, 1.807) is 33.4 Å². The van der Waals surface area contributed by atoms with Crippen LogP contribution < -0.4 is 0 Å². The molecular weight excluding hydrogens is 557 g/mol. The number of benzene rings is 2. The number of rotatable bonds is 6. The number of fused-ring (bicyclic) bond motifs is 2. The van der Waals surface area contributed by atoms with Gasteiger partial charge in [-0.1, -0.05) is 150 Å². The van der Waals surface area contributed by atoms with E-state index in [9.17, 15) is 0 Å². The molecule has 45 heavy (non-hydrogen) atoms. The standard InChI is InChI=1S/C44H60Si/c1-45(2,43-37-27-15-25-35(31-17-7-3-8-18-31)41(37)29-39(43)33-21-11-5-12-22-33)44-38-28-16-26-36(32-19-9-4-10-20-32)42(38)30-40(44)34-23-13-6-14-24-34/h15-16,25-34,43-44H,3-14,17-24H2,1-2H3. The lowest BCUT2D eigenvalue weighted by Crippen LogP contribution is -2.44. The molecule has 6 aliphatic carbocycles. The van der Waals surface area contributed by atoms with Gasteiger partial charge in [0.1, 0.15) is 0 Å². The minimum atomic E-state index is -1.92. The van der Waals surface area contributed by atoms with Gasteiger partial charge in [-0.05, 0) is 108 Å². The molecule has 0 heterocycles. The molecule has 8 rings (SSSR count). The van der Waals surface area contributed by atoms with Gasteiger partial charge < -0.3 is 0 Å². The smallest absolute Gasteiger partial charge is 0.0679 e. The Labute approximate surface area is 276 Å².